The van der Waals surface area contributed by atoms with Crippen LogP contribution in [-0.4, -0.2) is 38.8 Å². The Morgan fingerprint density at radius 3 is 2.36 bits per heavy atom. The first-order valence-electron chi connectivity index (χ1n) is 6.41. The van der Waals surface area contributed by atoms with E-state index in [-0.39, 0.29) is 5.13 Å². The highest BCUT2D eigenvalue weighted by atomic mass is 32.1. The molecule has 1 atom stereocenters. The van der Waals surface area contributed by atoms with E-state index in [1.54, 1.807) is 27.7 Å². The van der Waals surface area contributed by atoms with E-state index in [0.29, 0.717) is 10.6 Å². The van der Waals surface area contributed by atoms with Crippen LogP contribution < -0.4 is 5.32 Å². The number of carbonyl (C=O) groups is 3. The minimum Gasteiger partial charge on any atom is -0.481 e. The molecule has 1 rings (SSSR count). The highest BCUT2D eigenvalue weighted by Crippen LogP contribution is 2.32. The molecule has 0 radical (unpaired) electrons. The second kappa shape index (κ2) is 6.73. The Kier molecular flexibility index (Phi) is 5.48. The van der Waals surface area contributed by atoms with Gasteiger partial charge in [-0.25, -0.2) is 9.78 Å². The Balaban J connectivity index is 2.93. The number of rotatable bonds is 5. The Hall–Kier alpha value is -2.16. The van der Waals surface area contributed by atoms with E-state index in [0.717, 1.165) is 11.3 Å². The third-order valence-electron chi connectivity index (χ3n) is 2.43. The number of nitrogens with one attached hydrogen (secondary N) is 1. The van der Waals surface area contributed by atoms with Crippen molar-refractivity contribution in [3.05, 3.63) is 10.6 Å². The molecule has 0 aliphatic rings. The summed E-state index contributed by atoms with van der Waals surface area (Å²) in [5.41, 5.74) is -0.309. The van der Waals surface area contributed by atoms with Gasteiger partial charge in [0.2, 0.25) is 0 Å². The van der Waals surface area contributed by atoms with Crippen LogP contribution in [0.2, 0.25) is 0 Å². The Bertz CT molecular complexity index is 590. The molecule has 1 amide bonds. The molecule has 0 aliphatic carbocycles. The third-order valence-corrected chi connectivity index (χ3v) is 3.62. The number of ether oxygens (including phenoxy) is 1. The summed E-state index contributed by atoms with van der Waals surface area (Å²) in [6.07, 6.45) is -1.26. The zero-order valence-electron chi connectivity index (χ0n) is 12.7. The summed E-state index contributed by atoms with van der Waals surface area (Å²) in [7, 11) is 0. The molecular weight excluding hydrogens is 312 g/mol. The standard InChI is InChI=1S/C13H18N2O6S/c1-6-9(7(10(18)19)5-8(16)17)22-11(14-6)15-12(20)21-13(2,3)4/h7H,5H2,1-4H3,(H,16,17)(H,18,19)(H,14,15,20). The molecule has 9 heteroatoms. The maximum Gasteiger partial charge on any atom is 0.413 e. The third kappa shape index (κ3) is 5.32. The smallest absolute Gasteiger partial charge is 0.413 e. The number of nitrogens with zero attached hydrogens (tertiary/aromatic N) is 1. The highest BCUT2D eigenvalue weighted by Gasteiger charge is 2.28. The van der Waals surface area contributed by atoms with Crippen LogP contribution in [-0.2, 0) is 14.3 Å². The van der Waals surface area contributed by atoms with Crippen LogP contribution in [0.5, 0.6) is 0 Å². The lowest BCUT2D eigenvalue weighted by atomic mass is 10.0. The fourth-order valence-electron chi connectivity index (χ4n) is 1.64. The van der Waals surface area contributed by atoms with Gasteiger partial charge in [0.05, 0.1) is 12.1 Å². The Labute approximate surface area is 131 Å². The van der Waals surface area contributed by atoms with Gasteiger partial charge < -0.3 is 14.9 Å². The molecule has 0 aromatic carbocycles. The summed E-state index contributed by atoms with van der Waals surface area (Å²) >= 11 is 0.925. The first kappa shape index (κ1) is 17.9. The van der Waals surface area contributed by atoms with Crippen LogP contribution in [0.1, 0.15) is 43.7 Å². The van der Waals surface area contributed by atoms with Gasteiger partial charge in [0.1, 0.15) is 11.5 Å². The van der Waals surface area contributed by atoms with Crippen LogP contribution in [0, 0.1) is 6.92 Å². The number of carbonyl (C=O) groups excluding carboxylic acids is 1. The predicted molar refractivity (Wildman–Crippen MR) is 79.3 cm³/mol. The van der Waals surface area contributed by atoms with E-state index in [9.17, 15) is 14.4 Å². The van der Waals surface area contributed by atoms with E-state index in [2.05, 4.69) is 10.3 Å². The first-order valence-corrected chi connectivity index (χ1v) is 7.23. The summed E-state index contributed by atoms with van der Waals surface area (Å²) in [5.74, 6) is -3.68. The van der Waals surface area contributed by atoms with Gasteiger partial charge in [-0.3, -0.25) is 14.9 Å². The second-order valence-corrected chi connectivity index (χ2v) is 6.61. The number of carboxylic acids is 2. The van der Waals surface area contributed by atoms with E-state index in [4.69, 9.17) is 14.9 Å². The molecule has 0 aliphatic heterocycles. The summed E-state index contributed by atoms with van der Waals surface area (Å²) in [6.45, 7) is 6.68. The van der Waals surface area contributed by atoms with Crippen LogP contribution >= 0.6 is 11.3 Å². The number of aliphatic carboxylic acids is 2. The van der Waals surface area contributed by atoms with Crippen molar-refractivity contribution in [1.82, 2.24) is 4.98 Å². The maximum atomic E-state index is 11.7. The molecule has 8 nitrogen and oxygen atoms in total. The number of carboxylic acid groups (broad SMARTS) is 2. The minimum absolute atomic E-state index is 0.165. The van der Waals surface area contributed by atoms with Crippen molar-refractivity contribution >= 4 is 34.5 Å². The summed E-state index contributed by atoms with van der Waals surface area (Å²) in [4.78, 5) is 38.0. The minimum atomic E-state index is -1.25. The largest absolute Gasteiger partial charge is 0.481 e. The van der Waals surface area contributed by atoms with Crippen molar-refractivity contribution in [3.8, 4) is 0 Å². The SMILES string of the molecule is Cc1nc(NC(=O)OC(C)(C)C)sc1C(CC(=O)O)C(=O)O. The van der Waals surface area contributed by atoms with E-state index >= 15 is 0 Å². The monoisotopic (exact) mass is 330 g/mol. The average molecular weight is 330 g/mol. The van der Waals surface area contributed by atoms with E-state index < -0.39 is 36.0 Å². The molecule has 0 saturated carbocycles. The predicted octanol–water partition coefficient (Wildman–Crippen LogP) is 2.44. The van der Waals surface area contributed by atoms with Crippen molar-refractivity contribution in [2.45, 2.75) is 45.6 Å². The number of thiazole rings is 1. The van der Waals surface area contributed by atoms with Gasteiger partial charge in [-0.2, -0.15) is 0 Å². The quantitative estimate of drug-likeness (QED) is 0.757. The van der Waals surface area contributed by atoms with Crippen molar-refractivity contribution in [2.24, 2.45) is 0 Å². The maximum absolute atomic E-state index is 11.7. The average Bonchev–Trinajstić information content (AvgIpc) is 2.63. The summed E-state index contributed by atoms with van der Waals surface area (Å²) in [5, 5.41) is 20.5. The molecule has 0 saturated heterocycles. The molecule has 122 valence electrons. The van der Waals surface area contributed by atoms with E-state index in [1.807, 2.05) is 0 Å². The molecule has 0 spiro atoms. The zero-order chi connectivity index (χ0) is 17.1. The molecule has 3 N–H and O–H groups in total. The second-order valence-electron chi connectivity index (χ2n) is 5.58. The van der Waals surface area contributed by atoms with Gasteiger partial charge >= 0.3 is 18.0 Å². The molecule has 22 heavy (non-hydrogen) atoms. The Morgan fingerprint density at radius 2 is 1.91 bits per heavy atom. The van der Waals surface area contributed by atoms with Crippen molar-refractivity contribution in [1.29, 1.82) is 0 Å². The van der Waals surface area contributed by atoms with Gasteiger partial charge in [0.25, 0.3) is 0 Å². The van der Waals surface area contributed by atoms with E-state index in [1.165, 1.54) is 0 Å². The Morgan fingerprint density at radius 1 is 1.32 bits per heavy atom. The molecule has 0 fully saturated rings. The number of amides is 1. The number of hydrogen-bond acceptors (Lipinski definition) is 6. The molecule has 1 heterocycles. The fraction of sp³-hybridized carbons (Fsp3) is 0.538. The van der Waals surface area contributed by atoms with Gasteiger partial charge in [-0.15, -0.1) is 11.3 Å². The number of aromatic nitrogens is 1. The topological polar surface area (TPSA) is 126 Å². The van der Waals surface area contributed by atoms with Gasteiger partial charge in [-0.05, 0) is 27.7 Å². The number of hydrogen-bond donors (Lipinski definition) is 3. The van der Waals surface area contributed by atoms with Crippen LogP contribution in [0.3, 0.4) is 0 Å². The number of anilines is 1. The lowest BCUT2D eigenvalue weighted by molar-refractivity contribution is -0.145. The van der Waals surface area contributed by atoms with Crippen molar-refractivity contribution in [3.63, 3.8) is 0 Å². The highest BCUT2D eigenvalue weighted by molar-refractivity contribution is 7.16. The van der Waals surface area contributed by atoms with Crippen LogP contribution in [0.25, 0.3) is 0 Å². The van der Waals surface area contributed by atoms with Crippen molar-refractivity contribution in [2.75, 3.05) is 5.32 Å². The van der Waals surface area contributed by atoms with Crippen molar-refractivity contribution < 1.29 is 29.3 Å². The number of aryl methyl sites for hydroxylation is 1. The van der Waals surface area contributed by atoms with Gasteiger partial charge in [0.15, 0.2) is 5.13 Å². The van der Waals surface area contributed by atoms with Crippen LogP contribution in [0.4, 0.5) is 9.93 Å². The first-order chi connectivity index (χ1) is 9.99. The molecule has 1 aromatic heterocycles. The van der Waals surface area contributed by atoms with Gasteiger partial charge in [-0.1, -0.05) is 0 Å². The molecule has 1 unspecified atom stereocenters. The van der Waals surface area contributed by atoms with Gasteiger partial charge in [0, 0.05) is 4.88 Å². The molecule has 0 bridgehead atoms. The fourth-order valence-corrected chi connectivity index (χ4v) is 2.69. The molecular formula is C13H18N2O6S. The molecule has 1 aromatic rings. The van der Waals surface area contributed by atoms with Crippen LogP contribution in [0.15, 0.2) is 0 Å². The lowest BCUT2D eigenvalue weighted by Crippen LogP contribution is -2.27. The summed E-state index contributed by atoms with van der Waals surface area (Å²) < 4.78 is 5.07. The zero-order valence-corrected chi connectivity index (χ0v) is 13.5. The summed E-state index contributed by atoms with van der Waals surface area (Å²) in [6, 6.07) is 0. The lowest BCUT2D eigenvalue weighted by Gasteiger charge is -2.18. The normalized spacial score (nSPS) is 12.5.